The lowest BCUT2D eigenvalue weighted by Crippen LogP contribution is -2.33. The maximum absolute atomic E-state index is 11.5. The largest absolute Gasteiger partial charge is 0.455 e. The van der Waals surface area contributed by atoms with Crippen LogP contribution in [0.25, 0.3) is 0 Å². The predicted octanol–water partition coefficient (Wildman–Crippen LogP) is 2.55. The summed E-state index contributed by atoms with van der Waals surface area (Å²) in [6.07, 6.45) is 2.88. The van der Waals surface area contributed by atoms with Crippen LogP contribution in [0, 0.1) is 12.8 Å². The quantitative estimate of drug-likeness (QED) is 0.478. The van der Waals surface area contributed by atoms with E-state index in [0.29, 0.717) is 6.54 Å². The molecule has 114 valence electrons. The second-order valence-electron chi connectivity index (χ2n) is 5.25. The fraction of sp³-hybridized carbons (Fsp3) is 0.500. The molecule has 1 N–H and O–H groups in total. The molecule has 1 amide bonds. The Kier molecular flexibility index (Phi) is 6.11. The predicted molar refractivity (Wildman–Crippen MR) is 83.2 cm³/mol. The van der Waals surface area contributed by atoms with Crippen molar-refractivity contribution in [1.29, 1.82) is 0 Å². The number of hydrogen-bond donors (Lipinski definition) is 1. The van der Waals surface area contributed by atoms with Crippen molar-refractivity contribution in [2.75, 3.05) is 18.9 Å². The van der Waals surface area contributed by atoms with Crippen LogP contribution in [0.3, 0.4) is 0 Å². The lowest BCUT2D eigenvalue weighted by atomic mass is 9.86. The van der Waals surface area contributed by atoms with Crippen molar-refractivity contribution in [2.45, 2.75) is 31.1 Å². The molecule has 0 aliphatic heterocycles. The van der Waals surface area contributed by atoms with Crippen LogP contribution in [-0.2, 0) is 14.3 Å². The average Bonchev–Trinajstić information content (AvgIpc) is 2.41. The van der Waals surface area contributed by atoms with Crippen molar-refractivity contribution in [3.05, 3.63) is 29.8 Å². The molecule has 5 heteroatoms. The van der Waals surface area contributed by atoms with Gasteiger partial charge in [-0.3, -0.25) is 9.59 Å². The molecule has 0 bridgehead atoms. The molecule has 1 aliphatic rings. The summed E-state index contributed by atoms with van der Waals surface area (Å²) in [6, 6.07) is 8.28. The summed E-state index contributed by atoms with van der Waals surface area (Å²) in [5.41, 5.74) is 1.24. The third kappa shape index (κ3) is 5.42. The minimum atomic E-state index is -0.231. The number of ether oxygens (including phenoxy) is 1. The summed E-state index contributed by atoms with van der Waals surface area (Å²) in [7, 11) is 0. The number of esters is 1. The first-order chi connectivity index (χ1) is 10.1. The number of benzene rings is 1. The molecule has 0 spiro atoms. The summed E-state index contributed by atoms with van der Waals surface area (Å²) in [5.74, 6) is 0.359. The number of carbonyl (C=O) groups is 2. The molecule has 0 radical (unpaired) electrons. The van der Waals surface area contributed by atoms with Crippen LogP contribution in [-0.4, -0.2) is 30.8 Å². The van der Waals surface area contributed by atoms with Crippen LogP contribution in [0.1, 0.15) is 24.8 Å². The maximum atomic E-state index is 11.5. The van der Waals surface area contributed by atoms with Gasteiger partial charge in [0.2, 0.25) is 0 Å². The van der Waals surface area contributed by atoms with Crippen LogP contribution in [0.2, 0.25) is 0 Å². The van der Waals surface area contributed by atoms with E-state index in [-0.39, 0.29) is 24.4 Å². The van der Waals surface area contributed by atoms with Gasteiger partial charge in [0.15, 0.2) is 6.61 Å². The van der Waals surface area contributed by atoms with Gasteiger partial charge in [0.05, 0.1) is 5.92 Å². The summed E-state index contributed by atoms with van der Waals surface area (Å²) < 4.78 is 4.98. The molecule has 0 atom stereocenters. The average molecular weight is 307 g/mol. The van der Waals surface area contributed by atoms with E-state index in [1.807, 2.05) is 0 Å². The number of amides is 1. The smallest absolute Gasteiger partial charge is 0.309 e. The Morgan fingerprint density at radius 3 is 2.62 bits per heavy atom. The minimum Gasteiger partial charge on any atom is -0.455 e. The molecule has 1 fully saturated rings. The topological polar surface area (TPSA) is 55.4 Å². The summed E-state index contributed by atoms with van der Waals surface area (Å²) in [6.45, 7) is 2.46. The summed E-state index contributed by atoms with van der Waals surface area (Å²) >= 11 is 1.69. The van der Waals surface area contributed by atoms with Crippen LogP contribution >= 0.6 is 11.8 Å². The molecule has 1 aromatic rings. The third-order valence-electron chi connectivity index (χ3n) is 3.50. The van der Waals surface area contributed by atoms with Gasteiger partial charge in [-0.25, -0.2) is 0 Å². The van der Waals surface area contributed by atoms with Crippen molar-refractivity contribution in [3.8, 4) is 0 Å². The molecule has 2 rings (SSSR count). The number of rotatable bonds is 7. The first kappa shape index (κ1) is 15.9. The number of thioether (sulfide) groups is 1. The monoisotopic (exact) mass is 307 g/mol. The van der Waals surface area contributed by atoms with E-state index in [1.54, 1.807) is 11.8 Å². The highest BCUT2D eigenvalue weighted by Gasteiger charge is 2.26. The standard InChI is InChI=1S/C16H21NO3S/c1-12-5-7-14(8-6-12)21-10-9-17-15(18)11-20-16(19)13-3-2-4-13/h5-8,13H,2-4,9-11H2,1H3,(H,17,18). The van der Waals surface area contributed by atoms with Gasteiger partial charge in [-0.05, 0) is 31.9 Å². The molecule has 1 aliphatic carbocycles. The van der Waals surface area contributed by atoms with Crippen molar-refractivity contribution < 1.29 is 14.3 Å². The molecule has 1 saturated carbocycles. The first-order valence-electron chi connectivity index (χ1n) is 7.28. The van der Waals surface area contributed by atoms with Crippen LogP contribution in [0.5, 0.6) is 0 Å². The van der Waals surface area contributed by atoms with E-state index in [1.165, 1.54) is 10.5 Å². The highest BCUT2D eigenvalue weighted by atomic mass is 32.2. The second kappa shape index (κ2) is 8.08. The molecular formula is C16H21NO3S. The summed E-state index contributed by atoms with van der Waals surface area (Å²) in [5, 5.41) is 2.76. The number of nitrogens with one attached hydrogen (secondary N) is 1. The van der Waals surface area contributed by atoms with E-state index in [4.69, 9.17) is 4.74 Å². The highest BCUT2D eigenvalue weighted by Crippen LogP contribution is 2.27. The lowest BCUT2D eigenvalue weighted by molar-refractivity contribution is -0.155. The second-order valence-corrected chi connectivity index (χ2v) is 6.42. The Bertz CT molecular complexity index is 483. The highest BCUT2D eigenvalue weighted by molar-refractivity contribution is 7.99. The molecule has 0 saturated heterocycles. The van der Waals surface area contributed by atoms with Gasteiger partial charge in [0.25, 0.3) is 5.91 Å². The Morgan fingerprint density at radius 2 is 2.00 bits per heavy atom. The summed E-state index contributed by atoms with van der Waals surface area (Å²) in [4.78, 5) is 24.2. The molecule has 1 aromatic carbocycles. The zero-order valence-electron chi connectivity index (χ0n) is 12.3. The first-order valence-corrected chi connectivity index (χ1v) is 8.26. The van der Waals surface area contributed by atoms with Gasteiger partial charge < -0.3 is 10.1 Å². The normalized spacial score (nSPS) is 14.3. The van der Waals surface area contributed by atoms with Crippen molar-refractivity contribution in [2.24, 2.45) is 5.92 Å². The van der Waals surface area contributed by atoms with Crippen molar-refractivity contribution in [1.82, 2.24) is 5.32 Å². The third-order valence-corrected chi connectivity index (χ3v) is 4.51. The van der Waals surface area contributed by atoms with Gasteiger partial charge in [-0.1, -0.05) is 24.1 Å². The van der Waals surface area contributed by atoms with E-state index in [0.717, 1.165) is 25.0 Å². The van der Waals surface area contributed by atoms with E-state index >= 15 is 0 Å². The number of aryl methyl sites for hydroxylation is 1. The van der Waals surface area contributed by atoms with Gasteiger partial charge in [0, 0.05) is 17.2 Å². The molecule has 0 heterocycles. The fourth-order valence-electron chi connectivity index (χ4n) is 1.94. The van der Waals surface area contributed by atoms with Gasteiger partial charge >= 0.3 is 5.97 Å². The van der Waals surface area contributed by atoms with E-state index in [2.05, 4.69) is 36.5 Å². The maximum Gasteiger partial charge on any atom is 0.309 e. The molecule has 0 unspecified atom stereocenters. The molecule has 4 nitrogen and oxygen atoms in total. The lowest BCUT2D eigenvalue weighted by Gasteiger charge is -2.22. The van der Waals surface area contributed by atoms with Crippen molar-refractivity contribution >= 4 is 23.6 Å². The molecular weight excluding hydrogens is 286 g/mol. The van der Waals surface area contributed by atoms with Crippen LogP contribution in [0.15, 0.2) is 29.2 Å². The van der Waals surface area contributed by atoms with Gasteiger partial charge in [0.1, 0.15) is 0 Å². The fourth-order valence-corrected chi connectivity index (χ4v) is 2.71. The van der Waals surface area contributed by atoms with E-state index < -0.39 is 0 Å². The zero-order chi connectivity index (χ0) is 15.1. The van der Waals surface area contributed by atoms with Crippen LogP contribution in [0.4, 0.5) is 0 Å². The minimum absolute atomic E-state index is 0.0230. The zero-order valence-corrected chi connectivity index (χ0v) is 13.1. The SMILES string of the molecule is Cc1ccc(SCCNC(=O)COC(=O)C2CCC2)cc1. The number of carbonyl (C=O) groups excluding carboxylic acids is 2. The Balaban J connectivity index is 1.54. The molecule has 21 heavy (non-hydrogen) atoms. The Morgan fingerprint density at radius 1 is 1.29 bits per heavy atom. The van der Waals surface area contributed by atoms with Gasteiger partial charge in [-0.15, -0.1) is 11.8 Å². The van der Waals surface area contributed by atoms with Gasteiger partial charge in [-0.2, -0.15) is 0 Å². The Hall–Kier alpha value is -1.49. The van der Waals surface area contributed by atoms with Crippen molar-refractivity contribution in [3.63, 3.8) is 0 Å². The Labute approximate surface area is 129 Å². The van der Waals surface area contributed by atoms with Crippen LogP contribution < -0.4 is 5.32 Å². The number of hydrogen-bond acceptors (Lipinski definition) is 4. The van der Waals surface area contributed by atoms with E-state index in [9.17, 15) is 9.59 Å². The molecule has 0 aromatic heterocycles.